The minimum Gasteiger partial charge on any atom is -0.354 e. The van der Waals surface area contributed by atoms with Crippen molar-refractivity contribution in [3.05, 3.63) is 108 Å². The lowest BCUT2D eigenvalue weighted by Crippen LogP contribution is -2.00. The topological polar surface area (TPSA) is 68.0 Å². The molecule has 0 radical (unpaired) electrons. The minimum absolute atomic E-state index is 0.485. The quantitative estimate of drug-likeness (QED) is 0.255. The molecule has 1 N–H and O–H groups in total. The molecule has 0 spiro atoms. The summed E-state index contributed by atoms with van der Waals surface area (Å²) >= 11 is 0. The average molecular weight is 492 g/mol. The van der Waals surface area contributed by atoms with Gasteiger partial charge in [-0.3, -0.25) is 0 Å². The van der Waals surface area contributed by atoms with Crippen LogP contribution in [0.25, 0.3) is 22.5 Å². The smallest absolute Gasteiger partial charge is 0.190 e. The molecule has 6 rings (SSSR count). The van der Waals surface area contributed by atoms with E-state index in [2.05, 4.69) is 51.9 Å². The summed E-state index contributed by atoms with van der Waals surface area (Å²) in [6.07, 6.45) is 2.62. The van der Waals surface area contributed by atoms with E-state index in [4.69, 9.17) is 4.52 Å². The van der Waals surface area contributed by atoms with E-state index in [0.717, 1.165) is 28.4 Å². The van der Waals surface area contributed by atoms with E-state index in [1.807, 2.05) is 61.5 Å². The van der Waals surface area contributed by atoms with Gasteiger partial charge in [0.1, 0.15) is 33.0 Å². The zero-order valence-electron chi connectivity index (χ0n) is 19.8. The van der Waals surface area contributed by atoms with Gasteiger partial charge in [0.05, 0.1) is 0 Å². The summed E-state index contributed by atoms with van der Waals surface area (Å²) in [4.78, 5) is 5.31. The van der Waals surface area contributed by atoms with Crippen molar-refractivity contribution in [1.29, 1.82) is 0 Å². The lowest BCUT2D eigenvalue weighted by atomic mass is 10.0. The van der Waals surface area contributed by atoms with Gasteiger partial charge in [-0.15, -0.1) is 0 Å². The number of hydrogen-bond acceptors (Lipinski definition) is 5. The number of hydrogen-bond donors (Lipinski definition) is 1. The predicted molar refractivity (Wildman–Crippen MR) is 143 cm³/mol. The maximum absolute atomic E-state index is 13.0. The molecule has 5 aromatic rings. The third-order valence-corrected chi connectivity index (χ3v) is 7.73. The molecular weight excluding hydrogens is 466 g/mol. The Morgan fingerprint density at radius 1 is 0.806 bits per heavy atom. The molecule has 1 aliphatic carbocycles. The molecule has 2 heterocycles. The van der Waals surface area contributed by atoms with Crippen molar-refractivity contribution in [3.8, 4) is 22.5 Å². The second-order valence-electron chi connectivity index (χ2n) is 9.01. The van der Waals surface area contributed by atoms with E-state index in [0.29, 0.717) is 21.5 Å². The maximum Gasteiger partial charge on any atom is 0.190 e. The number of rotatable bonds is 7. The van der Waals surface area contributed by atoms with Crippen LogP contribution < -0.4 is 5.32 Å². The molecule has 0 amide bonds. The SMILES string of the molecule is Cc1noc(-c2ccc(-c3ccc(C4CC4)cc3)cc2)c1Nc1cccc(S(=O)c2ccccc2)n1. The summed E-state index contributed by atoms with van der Waals surface area (Å²) in [6.45, 7) is 1.89. The first-order chi connectivity index (χ1) is 17.7. The van der Waals surface area contributed by atoms with Crippen molar-refractivity contribution in [3.63, 3.8) is 0 Å². The number of aromatic nitrogens is 2. The van der Waals surface area contributed by atoms with Gasteiger partial charge in [0.25, 0.3) is 0 Å². The molecule has 1 unspecified atom stereocenters. The molecule has 1 fully saturated rings. The molecule has 0 bridgehead atoms. The van der Waals surface area contributed by atoms with Crippen molar-refractivity contribution in [1.82, 2.24) is 10.1 Å². The largest absolute Gasteiger partial charge is 0.354 e. The fourth-order valence-electron chi connectivity index (χ4n) is 4.27. The third-order valence-electron chi connectivity index (χ3n) is 6.43. The summed E-state index contributed by atoms with van der Waals surface area (Å²) in [6, 6.07) is 32.0. The molecule has 2 aromatic heterocycles. The standard InChI is InChI=1S/C30H25N3O2S/c1-20-29(32-27-8-5-9-28(31-27)36(34)26-6-3-2-4-7-26)30(35-33-20)25-18-16-24(17-19-25)23-14-12-22(13-15-23)21-10-11-21/h2-9,12-19,21H,10-11H2,1H3,(H,31,32). The van der Waals surface area contributed by atoms with Crippen LogP contribution in [0, 0.1) is 6.92 Å². The predicted octanol–water partition coefficient (Wildman–Crippen LogP) is 7.50. The van der Waals surface area contributed by atoms with Crippen LogP contribution in [0.1, 0.15) is 30.0 Å². The van der Waals surface area contributed by atoms with Crippen LogP contribution >= 0.6 is 0 Å². The van der Waals surface area contributed by atoms with E-state index in [1.165, 1.54) is 24.0 Å². The lowest BCUT2D eigenvalue weighted by molar-refractivity contribution is 0.427. The van der Waals surface area contributed by atoms with Crippen molar-refractivity contribution in [2.45, 2.75) is 35.6 Å². The number of benzene rings is 3. The van der Waals surface area contributed by atoms with E-state index in [9.17, 15) is 4.21 Å². The van der Waals surface area contributed by atoms with Gasteiger partial charge in [-0.05, 0) is 66.6 Å². The summed E-state index contributed by atoms with van der Waals surface area (Å²) < 4.78 is 18.6. The van der Waals surface area contributed by atoms with Crippen molar-refractivity contribution < 1.29 is 8.73 Å². The molecule has 5 nitrogen and oxygen atoms in total. The highest BCUT2D eigenvalue weighted by Gasteiger charge is 2.23. The monoisotopic (exact) mass is 491 g/mol. The molecular formula is C30H25N3O2S. The Kier molecular flexibility index (Phi) is 5.95. The molecule has 1 atom stereocenters. The van der Waals surface area contributed by atoms with Crippen molar-refractivity contribution in [2.24, 2.45) is 0 Å². The van der Waals surface area contributed by atoms with Gasteiger partial charge in [0.15, 0.2) is 5.76 Å². The van der Waals surface area contributed by atoms with Gasteiger partial charge in [0.2, 0.25) is 0 Å². The van der Waals surface area contributed by atoms with E-state index in [1.54, 1.807) is 6.07 Å². The normalized spacial score (nSPS) is 13.9. The zero-order chi connectivity index (χ0) is 24.5. The Bertz CT molecular complexity index is 1520. The Morgan fingerprint density at radius 2 is 1.47 bits per heavy atom. The van der Waals surface area contributed by atoms with Gasteiger partial charge in [-0.2, -0.15) is 0 Å². The molecule has 6 heteroatoms. The highest BCUT2D eigenvalue weighted by Crippen LogP contribution is 2.40. The van der Waals surface area contributed by atoms with Crippen molar-refractivity contribution in [2.75, 3.05) is 5.32 Å². The van der Waals surface area contributed by atoms with E-state index in [-0.39, 0.29) is 0 Å². The Morgan fingerprint density at radius 3 is 2.17 bits per heavy atom. The van der Waals surface area contributed by atoms with Crippen LogP contribution in [0.2, 0.25) is 0 Å². The molecule has 36 heavy (non-hydrogen) atoms. The number of nitrogens with one attached hydrogen (secondary N) is 1. The first-order valence-electron chi connectivity index (χ1n) is 12.0. The van der Waals surface area contributed by atoms with Gasteiger partial charge in [-0.1, -0.05) is 78.0 Å². The molecule has 0 saturated heterocycles. The fourth-order valence-corrected chi connectivity index (χ4v) is 5.30. The maximum atomic E-state index is 13.0. The highest BCUT2D eigenvalue weighted by molar-refractivity contribution is 7.85. The van der Waals surface area contributed by atoms with Crippen LogP contribution in [-0.2, 0) is 10.8 Å². The number of aryl methyl sites for hydroxylation is 1. The van der Waals surface area contributed by atoms with E-state index < -0.39 is 10.8 Å². The van der Waals surface area contributed by atoms with Crippen molar-refractivity contribution >= 4 is 22.3 Å². The van der Waals surface area contributed by atoms with Gasteiger partial charge >= 0.3 is 0 Å². The number of anilines is 2. The number of pyridine rings is 1. The molecule has 3 aromatic carbocycles. The number of nitrogens with zero attached hydrogens (tertiary/aromatic N) is 2. The van der Waals surface area contributed by atoms with Gasteiger partial charge in [-0.25, -0.2) is 9.19 Å². The Balaban J connectivity index is 1.24. The summed E-state index contributed by atoms with van der Waals surface area (Å²) in [7, 11) is -1.36. The highest BCUT2D eigenvalue weighted by atomic mass is 32.2. The van der Waals surface area contributed by atoms with Crippen LogP contribution in [0.3, 0.4) is 0 Å². The molecule has 178 valence electrons. The van der Waals surface area contributed by atoms with Crippen LogP contribution in [0.4, 0.5) is 11.5 Å². The second kappa shape index (κ2) is 9.55. The van der Waals surface area contributed by atoms with E-state index >= 15 is 0 Å². The third kappa shape index (κ3) is 4.60. The first kappa shape index (κ1) is 22.4. The summed E-state index contributed by atoms with van der Waals surface area (Å²) in [5.41, 5.74) is 6.18. The molecule has 0 aliphatic heterocycles. The minimum atomic E-state index is -1.36. The van der Waals surface area contributed by atoms with Crippen LogP contribution in [0.5, 0.6) is 0 Å². The lowest BCUT2D eigenvalue weighted by Gasteiger charge is -2.09. The van der Waals surface area contributed by atoms with Gasteiger partial charge in [0, 0.05) is 10.5 Å². The average Bonchev–Trinajstić information content (AvgIpc) is 3.73. The van der Waals surface area contributed by atoms with Crippen LogP contribution in [-0.4, -0.2) is 14.3 Å². The summed E-state index contributed by atoms with van der Waals surface area (Å²) in [5.74, 6) is 1.98. The Hall–Kier alpha value is -4.03. The fraction of sp³-hybridized carbons (Fsp3) is 0.133. The summed E-state index contributed by atoms with van der Waals surface area (Å²) in [5, 5.41) is 8.00. The zero-order valence-corrected chi connectivity index (χ0v) is 20.7. The molecule has 1 aliphatic rings. The molecule has 1 saturated carbocycles. The van der Waals surface area contributed by atoms with Gasteiger partial charge < -0.3 is 9.84 Å². The first-order valence-corrected chi connectivity index (χ1v) is 13.2. The van der Waals surface area contributed by atoms with Crippen LogP contribution in [0.15, 0.2) is 112 Å². The second-order valence-corrected chi connectivity index (χ2v) is 10.4. The Labute approximate surface area is 212 Å².